The van der Waals surface area contributed by atoms with Gasteiger partial charge in [0.05, 0.1) is 10.6 Å². The van der Waals surface area contributed by atoms with Crippen LogP contribution in [0.4, 0.5) is 11.5 Å². The van der Waals surface area contributed by atoms with Crippen molar-refractivity contribution in [1.82, 2.24) is 10.2 Å². The maximum Gasteiger partial charge on any atom is 0.227 e. The summed E-state index contributed by atoms with van der Waals surface area (Å²) in [6.45, 7) is 1.63. The highest BCUT2D eigenvalue weighted by Crippen LogP contribution is 2.28. The number of thiophene rings is 1. The fourth-order valence-corrected chi connectivity index (χ4v) is 4.65. The van der Waals surface area contributed by atoms with Gasteiger partial charge in [-0.1, -0.05) is 18.2 Å². The van der Waals surface area contributed by atoms with Crippen molar-refractivity contribution in [3.63, 3.8) is 0 Å². The van der Waals surface area contributed by atoms with Gasteiger partial charge in [0.1, 0.15) is 5.69 Å². The van der Waals surface area contributed by atoms with E-state index in [4.69, 9.17) is 0 Å². The molecule has 1 aromatic carbocycles. The number of amides is 1. The molecule has 3 aromatic rings. The highest BCUT2D eigenvalue weighted by Gasteiger charge is 2.26. The number of hydrogen-bond acceptors (Lipinski definition) is 6. The van der Waals surface area contributed by atoms with Crippen LogP contribution < -0.4 is 10.2 Å². The summed E-state index contributed by atoms with van der Waals surface area (Å²) in [6.07, 6.45) is 3.66. The Hall–Kier alpha value is -2.38. The number of benzene rings is 1. The average molecular weight is 411 g/mol. The van der Waals surface area contributed by atoms with Crippen molar-refractivity contribution >= 4 is 40.5 Å². The number of nitrogens with zero attached hydrogens (tertiary/aromatic N) is 3. The monoisotopic (exact) mass is 410 g/mol. The summed E-state index contributed by atoms with van der Waals surface area (Å²) in [6, 6.07) is 16.0. The fraction of sp³-hybridized carbons (Fsp3) is 0.286. The molecule has 0 unspecified atom stereocenters. The van der Waals surface area contributed by atoms with Crippen molar-refractivity contribution in [2.24, 2.45) is 5.92 Å². The molecule has 7 heteroatoms. The summed E-state index contributed by atoms with van der Waals surface area (Å²) in [7, 11) is 0. The van der Waals surface area contributed by atoms with Gasteiger partial charge in [0.25, 0.3) is 0 Å². The minimum absolute atomic E-state index is 0.0320. The van der Waals surface area contributed by atoms with Gasteiger partial charge in [-0.05, 0) is 54.8 Å². The van der Waals surface area contributed by atoms with Crippen LogP contribution in [0.3, 0.4) is 0 Å². The van der Waals surface area contributed by atoms with E-state index in [1.165, 1.54) is 0 Å². The van der Waals surface area contributed by atoms with E-state index in [1.807, 2.05) is 60.2 Å². The molecule has 0 saturated carbocycles. The van der Waals surface area contributed by atoms with Gasteiger partial charge in [-0.15, -0.1) is 33.3 Å². The van der Waals surface area contributed by atoms with Gasteiger partial charge in [-0.2, -0.15) is 0 Å². The van der Waals surface area contributed by atoms with E-state index in [0.717, 1.165) is 52.9 Å². The molecule has 0 spiro atoms. The Balaban J connectivity index is 1.34. The second-order valence-corrected chi connectivity index (χ2v) is 8.50. The van der Waals surface area contributed by atoms with Crippen molar-refractivity contribution in [1.29, 1.82) is 0 Å². The van der Waals surface area contributed by atoms with Crippen LogP contribution in [0.1, 0.15) is 12.8 Å². The summed E-state index contributed by atoms with van der Waals surface area (Å²) in [5, 5.41) is 13.9. The van der Waals surface area contributed by atoms with Crippen molar-refractivity contribution in [3.05, 3.63) is 53.9 Å². The molecule has 1 amide bonds. The molecule has 3 heterocycles. The molecule has 1 N–H and O–H groups in total. The molecule has 1 aliphatic heterocycles. The third-order valence-electron chi connectivity index (χ3n) is 4.98. The molecular weight excluding hydrogens is 388 g/mol. The maximum atomic E-state index is 12.7. The van der Waals surface area contributed by atoms with Crippen LogP contribution in [-0.2, 0) is 4.79 Å². The van der Waals surface area contributed by atoms with Gasteiger partial charge in [-0.3, -0.25) is 4.79 Å². The summed E-state index contributed by atoms with van der Waals surface area (Å²) >= 11 is 3.31. The van der Waals surface area contributed by atoms with Gasteiger partial charge < -0.3 is 10.2 Å². The van der Waals surface area contributed by atoms with Crippen LogP contribution in [-0.4, -0.2) is 35.4 Å². The number of aromatic nitrogens is 2. The van der Waals surface area contributed by atoms with Crippen LogP contribution in [0, 0.1) is 5.92 Å². The second-order valence-electron chi connectivity index (χ2n) is 6.70. The van der Waals surface area contributed by atoms with Crippen LogP contribution >= 0.6 is 23.1 Å². The molecule has 0 bridgehead atoms. The molecule has 1 fully saturated rings. The summed E-state index contributed by atoms with van der Waals surface area (Å²) < 4.78 is 0. The van der Waals surface area contributed by atoms with E-state index >= 15 is 0 Å². The van der Waals surface area contributed by atoms with Crippen LogP contribution in [0.2, 0.25) is 0 Å². The first-order valence-electron chi connectivity index (χ1n) is 9.31. The van der Waals surface area contributed by atoms with Gasteiger partial charge in [0.2, 0.25) is 5.91 Å². The topological polar surface area (TPSA) is 58.1 Å². The minimum Gasteiger partial charge on any atom is -0.355 e. The minimum atomic E-state index is 0.0320. The number of para-hydroxylation sites is 1. The van der Waals surface area contributed by atoms with Crippen LogP contribution in [0.15, 0.2) is 58.8 Å². The standard InChI is InChI=1S/C21H22N4OS2/c1-27-18-6-3-2-5-16(18)22-21(26)15-10-12-25(13-11-15)20-9-8-17(23-24-20)19-7-4-14-28-19/h2-9,14-15H,10-13H2,1H3,(H,22,26). The third kappa shape index (κ3) is 4.20. The van der Waals surface area contributed by atoms with Crippen molar-refractivity contribution in [2.45, 2.75) is 17.7 Å². The Labute approximate surface area is 173 Å². The number of piperidine rings is 1. The highest BCUT2D eigenvalue weighted by atomic mass is 32.2. The van der Waals surface area contributed by atoms with E-state index in [0.29, 0.717) is 0 Å². The first-order chi connectivity index (χ1) is 13.7. The highest BCUT2D eigenvalue weighted by molar-refractivity contribution is 7.98. The van der Waals surface area contributed by atoms with Gasteiger partial charge in [-0.25, -0.2) is 0 Å². The van der Waals surface area contributed by atoms with E-state index in [9.17, 15) is 4.79 Å². The lowest BCUT2D eigenvalue weighted by Crippen LogP contribution is -2.38. The van der Waals surface area contributed by atoms with Gasteiger partial charge in [0, 0.05) is 23.9 Å². The molecule has 0 radical (unpaired) electrons. The van der Waals surface area contributed by atoms with Gasteiger partial charge in [0.15, 0.2) is 5.82 Å². The number of carbonyl (C=O) groups excluding carboxylic acids is 1. The number of carbonyl (C=O) groups is 1. The Morgan fingerprint density at radius 1 is 1.11 bits per heavy atom. The van der Waals surface area contributed by atoms with Crippen LogP contribution in [0.25, 0.3) is 10.6 Å². The summed E-state index contributed by atoms with van der Waals surface area (Å²) in [5.41, 5.74) is 1.80. The molecule has 28 heavy (non-hydrogen) atoms. The molecule has 1 aliphatic rings. The molecule has 4 rings (SSSR count). The van der Waals surface area contributed by atoms with Crippen molar-refractivity contribution in [3.8, 4) is 10.6 Å². The lowest BCUT2D eigenvalue weighted by atomic mass is 9.96. The SMILES string of the molecule is CSc1ccccc1NC(=O)C1CCN(c2ccc(-c3cccs3)nn2)CC1. The zero-order valence-electron chi connectivity index (χ0n) is 15.7. The Bertz CT molecular complexity index is 920. The fourth-order valence-electron chi connectivity index (χ4n) is 3.40. The van der Waals surface area contributed by atoms with E-state index in [2.05, 4.69) is 20.4 Å². The van der Waals surface area contributed by atoms with E-state index in [-0.39, 0.29) is 11.8 Å². The molecule has 0 atom stereocenters. The summed E-state index contributed by atoms with van der Waals surface area (Å²) in [4.78, 5) is 17.1. The zero-order valence-corrected chi connectivity index (χ0v) is 17.3. The number of hydrogen-bond donors (Lipinski definition) is 1. The number of nitrogens with one attached hydrogen (secondary N) is 1. The van der Waals surface area contributed by atoms with Crippen molar-refractivity contribution < 1.29 is 4.79 Å². The molecule has 0 aliphatic carbocycles. The smallest absolute Gasteiger partial charge is 0.227 e. The predicted octanol–water partition coefficient (Wildman–Crippen LogP) is 4.78. The average Bonchev–Trinajstić information content (AvgIpc) is 3.29. The second kappa shape index (κ2) is 8.75. The van der Waals surface area contributed by atoms with E-state index < -0.39 is 0 Å². The molecule has 5 nitrogen and oxygen atoms in total. The first-order valence-corrected chi connectivity index (χ1v) is 11.4. The molecule has 1 saturated heterocycles. The first kappa shape index (κ1) is 19.0. The Kier molecular flexibility index (Phi) is 5.92. The predicted molar refractivity (Wildman–Crippen MR) is 117 cm³/mol. The largest absolute Gasteiger partial charge is 0.355 e. The summed E-state index contributed by atoms with van der Waals surface area (Å²) in [5.74, 6) is 1.02. The van der Waals surface area contributed by atoms with Crippen molar-refractivity contribution in [2.75, 3.05) is 29.6 Å². The Morgan fingerprint density at radius 2 is 1.93 bits per heavy atom. The third-order valence-corrected chi connectivity index (χ3v) is 6.67. The zero-order chi connectivity index (χ0) is 19.3. The number of anilines is 2. The molecule has 144 valence electrons. The lowest BCUT2D eigenvalue weighted by molar-refractivity contribution is -0.120. The quantitative estimate of drug-likeness (QED) is 0.613. The molecular formula is C21H22N4OS2. The van der Waals surface area contributed by atoms with Gasteiger partial charge >= 0.3 is 0 Å². The van der Waals surface area contributed by atoms with E-state index in [1.54, 1.807) is 23.1 Å². The van der Waals surface area contributed by atoms with Crippen LogP contribution in [0.5, 0.6) is 0 Å². The normalized spacial score (nSPS) is 14.8. The number of rotatable bonds is 5. The maximum absolute atomic E-state index is 12.7. The molecule has 2 aromatic heterocycles. The number of thioether (sulfide) groups is 1. The Morgan fingerprint density at radius 3 is 2.61 bits per heavy atom. The lowest BCUT2D eigenvalue weighted by Gasteiger charge is -2.32.